The molecule has 2 N–H and O–H groups in total. The van der Waals surface area contributed by atoms with Crippen molar-refractivity contribution in [2.45, 2.75) is 0 Å². The molecule has 0 heterocycles. The molecule has 0 spiro atoms. The molecule has 0 atom stereocenters. The molecule has 0 bridgehead atoms. The van der Waals surface area contributed by atoms with E-state index in [4.69, 9.17) is 0 Å². The SMILES string of the molecule is Oc1cccc(-c2ccccc2)c1O.[NaH]. The van der Waals surface area contributed by atoms with E-state index in [1.165, 1.54) is 6.07 Å². The number of para-hydroxylation sites is 1. The van der Waals surface area contributed by atoms with Gasteiger partial charge in [0.15, 0.2) is 11.5 Å². The predicted octanol–water partition coefficient (Wildman–Crippen LogP) is 2.12. The summed E-state index contributed by atoms with van der Waals surface area (Å²) >= 11 is 0. The van der Waals surface area contributed by atoms with Gasteiger partial charge in [0.2, 0.25) is 0 Å². The molecule has 2 rings (SSSR count). The van der Waals surface area contributed by atoms with Gasteiger partial charge in [-0.3, -0.25) is 0 Å². The molecule has 0 aliphatic rings. The third-order valence-electron chi connectivity index (χ3n) is 2.10. The topological polar surface area (TPSA) is 40.5 Å². The molecule has 15 heavy (non-hydrogen) atoms. The van der Waals surface area contributed by atoms with Crippen LogP contribution in [0.3, 0.4) is 0 Å². The van der Waals surface area contributed by atoms with E-state index in [0.29, 0.717) is 5.56 Å². The fourth-order valence-corrected chi connectivity index (χ4v) is 1.38. The summed E-state index contributed by atoms with van der Waals surface area (Å²) in [5, 5.41) is 18.9. The van der Waals surface area contributed by atoms with Crippen LogP contribution in [0.1, 0.15) is 0 Å². The first-order valence-electron chi connectivity index (χ1n) is 4.35. The van der Waals surface area contributed by atoms with Gasteiger partial charge in [-0.2, -0.15) is 0 Å². The summed E-state index contributed by atoms with van der Waals surface area (Å²) in [6, 6.07) is 14.4. The zero-order chi connectivity index (χ0) is 9.97. The van der Waals surface area contributed by atoms with Crippen molar-refractivity contribution < 1.29 is 10.2 Å². The quantitative estimate of drug-likeness (QED) is 0.559. The van der Waals surface area contributed by atoms with E-state index in [1.807, 2.05) is 30.3 Å². The van der Waals surface area contributed by atoms with Gasteiger partial charge in [0.25, 0.3) is 0 Å². The Morgan fingerprint density at radius 1 is 0.733 bits per heavy atom. The Morgan fingerprint density at radius 3 is 2.07 bits per heavy atom. The normalized spacial score (nSPS) is 9.33. The van der Waals surface area contributed by atoms with Gasteiger partial charge in [0.05, 0.1) is 0 Å². The fourth-order valence-electron chi connectivity index (χ4n) is 1.38. The van der Waals surface area contributed by atoms with Crippen molar-refractivity contribution >= 4 is 29.6 Å². The van der Waals surface area contributed by atoms with Crippen molar-refractivity contribution in [2.24, 2.45) is 0 Å². The second kappa shape index (κ2) is 5.21. The van der Waals surface area contributed by atoms with Crippen LogP contribution in [0.4, 0.5) is 0 Å². The second-order valence-corrected chi connectivity index (χ2v) is 3.04. The van der Waals surface area contributed by atoms with E-state index < -0.39 is 0 Å². The Hall–Kier alpha value is -0.960. The van der Waals surface area contributed by atoms with Crippen molar-refractivity contribution in [3.63, 3.8) is 0 Å². The maximum absolute atomic E-state index is 9.60. The van der Waals surface area contributed by atoms with Crippen LogP contribution in [0.2, 0.25) is 0 Å². The number of benzene rings is 2. The van der Waals surface area contributed by atoms with Crippen molar-refractivity contribution in [3.8, 4) is 22.6 Å². The fraction of sp³-hybridized carbons (Fsp3) is 0. The third-order valence-corrected chi connectivity index (χ3v) is 2.10. The molecule has 3 heteroatoms. The number of rotatable bonds is 1. The van der Waals surface area contributed by atoms with Gasteiger partial charge in [-0.1, -0.05) is 42.5 Å². The van der Waals surface area contributed by atoms with Gasteiger partial charge in [-0.25, -0.2) is 0 Å². The average molecular weight is 210 g/mol. The average Bonchev–Trinajstić information content (AvgIpc) is 2.23. The van der Waals surface area contributed by atoms with Gasteiger partial charge in [0.1, 0.15) is 0 Å². The number of hydrogen-bond donors (Lipinski definition) is 2. The zero-order valence-electron chi connectivity index (χ0n) is 7.51. The minimum atomic E-state index is -0.0913. The molecule has 0 aliphatic heterocycles. The first-order chi connectivity index (χ1) is 6.79. The van der Waals surface area contributed by atoms with Crippen molar-refractivity contribution in [3.05, 3.63) is 48.5 Å². The zero-order valence-corrected chi connectivity index (χ0v) is 7.51. The van der Waals surface area contributed by atoms with Crippen LogP contribution in [0.5, 0.6) is 11.5 Å². The van der Waals surface area contributed by atoms with Gasteiger partial charge in [-0.05, 0) is 11.6 Å². The van der Waals surface area contributed by atoms with Crippen molar-refractivity contribution in [1.82, 2.24) is 0 Å². The van der Waals surface area contributed by atoms with Gasteiger partial charge in [0, 0.05) is 5.56 Å². The molecule has 0 amide bonds. The van der Waals surface area contributed by atoms with E-state index in [2.05, 4.69) is 0 Å². The number of phenols is 2. The first-order valence-corrected chi connectivity index (χ1v) is 4.35. The van der Waals surface area contributed by atoms with E-state index in [0.717, 1.165) is 5.56 Å². The van der Waals surface area contributed by atoms with E-state index in [-0.39, 0.29) is 41.1 Å². The molecule has 0 aliphatic carbocycles. The number of phenolic OH excluding ortho intramolecular Hbond substituents is 2. The van der Waals surface area contributed by atoms with Crippen molar-refractivity contribution in [1.29, 1.82) is 0 Å². The summed E-state index contributed by atoms with van der Waals surface area (Å²) < 4.78 is 0. The van der Waals surface area contributed by atoms with E-state index in [9.17, 15) is 10.2 Å². The Kier molecular flexibility index (Phi) is 4.21. The molecule has 0 saturated carbocycles. The Morgan fingerprint density at radius 2 is 1.40 bits per heavy atom. The molecule has 0 unspecified atom stereocenters. The third kappa shape index (κ3) is 2.53. The van der Waals surface area contributed by atoms with Crippen LogP contribution >= 0.6 is 0 Å². The summed E-state index contributed by atoms with van der Waals surface area (Å²) in [6.07, 6.45) is 0. The van der Waals surface area contributed by atoms with E-state index in [1.54, 1.807) is 12.1 Å². The van der Waals surface area contributed by atoms with Crippen LogP contribution in [-0.2, 0) is 0 Å². The van der Waals surface area contributed by atoms with Gasteiger partial charge < -0.3 is 10.2 Å². The number of hydrogen-bond acceptors (Lipinski definition) is 2. The molecule has 2 aromatic rings. The number of aromatic hydroxyl groups is 2. The molecule has 0 radical (unpaired) electrons. The molecular weight excluding hydrogens is 199 g/mol. The van der Waals surface area contributed by atoms with Gasteiger partial charge in [-0.15, -0.1) is 0 Å². The van der Waals surface area contributed by atoms with Crippen LogP contribution < -0.4 is 0 Å². The van der Waals surface area contributed by atoms with Gasteiger partial charge >= 0.3 is 29.6 Å². The van der Waals surface area contributed by atoms with Crippen LogP contribution in [0.15, 0.2) is 48.5 Å². The van der Waals surface area contributed by atoms with Crippen LogP contribution in [0.25, 0.3) is 11.1 Å². The second-order valence-electron chi connectivity index (χ2n) is 3.04. The Bertz CT molecular complexity index is 441. The minimum absolute atomic E-state index is 0. The molecule has 0 fully saturated rings. The Labute approximate surface area is 110 Å². The summed E-state index contributed by atoms with van der Waals surface area (Å²) in [6.45, 7) is 0. The molecule has 0 saturated heterocycles. The van der Waals surface area contributed by atoms with Crippen molar-refractivity contribution in [2.75, 3.05) is 0 Å². The summed E-state index contributed by atoms with van der Waals surface area (Å²) in [5.74, 6) is -0.162. The first kappa shape index (κ1) is 12.1. The Balaban J connectivity index is 0.00000112. The van der Waals surface area contributed by atoms with Crippen LogP contribution in [-0.4, -0.2) is 39.8 Å². The van der Waals surface area contributed by atoms with Crippen LogP contribution in [0, 0.1) is 0 Å². The maximum atomic E-state index is 9.60. The van der Waals surface area contributed by atoms with E-state index >= 15 is 0 Å². The summed E-state index contributed by atoms with van der Waals surface area (Å²) in [4.78, 5) is 0. The molecule has 0 aromatic heterocycles. The molecule has 72 valence electrons. The predicted molar refractivity (Wildman–Crippen MR) is 62.4 cm³/mol. The molecule has 2 aromatic carbocycles. The molecule has 2 nitrogen and oxygen atoms in total. The summed E-state index contributed by atoms with van der Waals surface area (Å²) in [5.41, 5.74) is 1.53. The standard InChI is InChI=1S/C12H10O2.Na.H/c13-11-8-4-7-10(12(11)14)9-5-2-1-3-6-9;;/h1-8,13-14H;;. The monoisotopic (exact) mass is 210 g/mol. The summed E-state index contributed by atoms with van der Waals surface area (Å²) in [7, 11) is 0. The molecular formula is C12H11NaO2.